The summed E-state index contributed by atoms with van der Waals surface area (Å²) in [6, 6.07) is 20.1. The molecule has 1 fully saturated rings. The number of rotatable bonds is 10. The van der Waals surface area contributed by atoms with E-state index in [-0.39, 0.29) is 30.0 Å². The van der Waals surface area contributed by atoms with E-state index in [1.54, 1.807) is 31.3 Å². The maximum Gasteiger partial charge on any atom is 0.311 e. The van der Waals surface area contributed by atoms with Crippen LogP contribution < -0.4 is 14.2 Å². The van der Waals surface area contributed by atoms with E-state index in [0.29, 0.717) is 36.4 Å². The van der Waals surface area contributed by atoms with E-state index >= 15 is 0 Å². The Morgan fingerprint density at radius 2 is 1.63 bits per heavy atom. The van der Waals surface area contributed by atoms with Gasteiger partial charge in [0.1, 0.15) is 6.61 Å². The summed E-state index contributed by atoms with van der Waals surface area (Å²) in [5.74, 6) is 1.54. The first-order chi connectivity index (χ1) is 17.0. The highest BCUT2D eigenvalue weighted by molar-refractivity contribution is 5.79. The maximum absolute atomic E-state index is 12.7. The van der Waals surface area contributed by atoms with E-state index in [4.69, 9.17) is 14.2 Å². The minimum atomic E-state index is -0.448. The lowest BCUT2D eigenvalue weighted by Crippen LogP contribution is -2.33. The van der Waals surface area contributed by atoms with Gasteiger partial charge in [0.25, 0.3) is 0 Å². The smallest absolute Gasteiger partial charge is 0.311 e. The number of benzene rings is 3. The Morgan fingerprint density at radius 3 is 2.34 bits per heavy atom. The number of likely N-dealkylation sites (tertiary alicyclic amines) is 1. The molecule has 182 valence electrons. The van der Waals surface area contributed by atoms with Crippen molar-refractivity contribution in [1.29, 1.82) is 0 Å². The first-order valence-corrected chi connectivity index (χ1v) is 11.4. The zero-order valence-corrected chi connectivity index (χ0v) is 19.8. The largest absolute Gasteiger partial charge is 0.493 e. The van der Waals surface area contributed by atoms with Crippen LogP contribution in [0.1, 0.15) is 29.5 Å². The molecule has 1 aliphatic heterocycles. The molecule has 8 nitrogen and oxygen atoms in total. The van der Waals surface area contributed by atoms with Gasteiger partial charge in [-0.15, -0.1) is 0 Å². The van der Waals surface area contributed by atoms with Gasteiger partial charge < -0.3 is 19.1 Å². The fraction of sp³-hybridized carbons (Fsp3) is 0.296. The molecule has 1 amide bonds. The number of ether oxygens (including phenoxy) is 3. The summed E-state index contributed by atoms with van der Waals surface area (Å²) in [5, 5.41) is 11.7. The summed E-state index contributed by atoms with van der Waals surface area (Å²) in [6.07, 6.45) is 1.85. The summed E-state index contributed by atoms with van der Waals surface area (Å²) < 4.78 is 16.4. The van der Waals surface area contributed by atoms with Crippen LogP contribution in [0.15, 0.2) is 66.7 Å². The van der Waals surface area contributed by atoms with Gasteiger partial charge in [-0.05, 0) is 47.7 Å². The Kier molecular flexibility index (Phi) is 7.50. The average molecular weight is 477 g/mol. The van der Waals surface area contributed by atoms with Crippen LogP contribution in [0.4, 0.5) is 5.69 Å². The van der Waals surface area contributed by atoms with Crippen molar-refractivity contribution in [3.63, 3.8) is 0 Å². The Labute approximate surface area is 204 Å². The standard InChI is InChI=1S/C27H28N2O6/c1-33-25-12-8-20(16-26(25)34-2)14-22-10-13-27(30)28(22)17-21-9-11-24(23(15-21)29(31)32)35-18-19-6-4-3-5-7-19/h3-9,11-12,15-16,22H,10,13-14,17-18H2,1-2H3/t22-/m0/s1. The molecule has 35 heavy (non-hydrogen) atoms. The highest BCUT2D eigenvalue weighted by atomic mass is 16.6. The van der Waals surface area contributed by atoms with Crippen molar-refractivity contribution in [1.82, 2.24) is 4.90 Å². The number of carbonyl (C=O) groups is 1. The number of nitrogens with zero attached hydrogens (tertiary/aromatic N) is 2. The quantitative estimate of drug-likeness (QED) is 0.305. The van der Waals surface area contributed by atoms with Gasteiger partial charge in [0.2, 0.25) is 5.91 Å². The summed E-state index contributed by atoms with van der Waals surface area (Å²) >= 11 is 0. The first-order valence-electron chi connectivity index (χ1n) is 11.4. The molecule has 0 aliphatic carbocycles. The molecule has 1 atom stereocenters. The molecule has 0 bridgehead atoms. The van der Waals surface area contributed by atoms with Gasteiger partial charge in [-0.25, -0.2) is 0 Å². The van der Waals surface area contributed by atoms with Crippen LogP contribution in [-0.4, -0.2) is 36.0 Å². The zero-order chi connectivity index (χ0) is 24.8. The third kappa shape index (κ3) is 5.71. The number of hydrogen-bond acceptors (Lipinski definition) is 6. The molecule has 0 radical (unpaired) electrons. The molecular weight excluding hydrogens is 448 g/mol. The van der Waals surface area contributed by atoms with Crippen LogP contribution in [0.5, 0.6) is 17.2 Å². The molecule has 0 spiro atoms. The monoisotopic (exact) mass is 476 g/mol. The second-order valence-corrected chi connectivity index (χ2v) is 8.44. The van der Waals surface area contributed by atoms with Crippen molar-refractivity contribution < 1.29 is 23.9 Å². The van der Waals surface area contributed by atoms with E-state index in [9.17, 15) is 14.9 Å². The minimum Gasteiger partial charge on any atom is -0.493 e. The number of amides is 1. The third-order valence-electron chi connectivity index (χ3n) is 6.18. The Bertz CT molecular complexity index is 1200. The fourth-order valence-corrected chi connectivity index (χ4v) is 4.36. The minimum absolute atomic E-state index is 0.00587. The predicted molar refractivity (Wildman–Crippen MR) is 131 cm³/mol. The topological polar surface area (TPSA) is 91.1 Å². The number of nitro groups is 1. The highest BCUT2D eigenvalue weighted by Gasteiger charge is 2.31. The van der Waals surface area contributed by atoms with Crippen molar-refractivity contribution >= 4 is 11.6 Å². The van der Waals surface area contributed by atoms with Gasteiger partial charge in [0, 0.05) is 25.1 Å². The second-order valence-electron chi connectivity index (χ2n) is 8.44. The van der Waals surface area contributed by atoms with Crippen LogP contribution >= 0.6 is 0 Å². The van der Waals surface area contributed by atoms with E-state index in [1.165, 1.54) is 6.07 Å². The van der Waals surface area contributed by atoms with Crippen molar-refractivity contribution in [2.75, 3.05) is 14.2 Å². The molecule has 3 aromatic rings. The summed E-state index contributed by atoms with van der Waals surface area (Å²) in [4.78, 5) is 25.8. The van der Waals surface area contributed by atoms with Crippen molar-refractivity contribution in [2.24, 2.45) is 0 Å². The zero-order valence-electron chi connectivity index (χ0n) is 19.8. The van der Waals surface area contributed by atoms with Gasteiger partial charge in [0.05, 0.1) is 19.1 Å². The highest BCUT2D eigenvalue weighted by Crippen LogP contribution is 2.33. The Morgan fingerprint density at radius 1 is 0.914 bits per heavy atom. The lowest BCUT2D eigenvalue weighted by Gasteiger charge is -2.25. The summed E-state index contributed by atoms with van der Waals surface area (Å²) in [7, 11) is 3.18. The molecule has 1 heterocycles. The SMILES string of the molecule is COc1ccc(C[C@@H]2CCC(=O)N2Cc2ccc(OCc3ccccc3)c([N+](=O)[O-])c2)cc1OC. The number of methoxy groups -OCH3 is 2. The lowest BCUT2D eigenvalue weighted by molar-refractivity contribution is -0.386. The van der Waals surface area contributed by atoms with Crippen LogP contribution in [-0.2, 0) is 24.4 Å². The molecular formula is C27H28N2O6. The number of nitro benzene ring substituents is 1. The Balaban J connectivity index is 1.49. The van der Waals surface area contributed by atoms with Gasteiger partial charge in [-0.2, -0.15) is 0 Å². The molecule has 3 aromatic carbocycles. The molecule has 1 aliphatic rings. The third-order valence-corrected chi connectivity index (χ3v) is 6.18. The molecule has 4 rings (SSSR count). The first kappa shape index (κ1) is 24.1. The van der Waals surface area contributed by atoms with E-state index in [2.05, 4.69) is 0 Å². The normalized spacial score (nSPS) is 15.2. The molecule has 0 saturated carbocycles. The molecule has 0 unspecified atom stereocenters. The molecule has 0 aromatic heterocycles. The van der Waals surface area contributed by atoms with Crippen LogP contribution in [0.25, 0.3) is 0 Å². The van der Waals surface area contributed by atoms with Gasteiger partial charge in [-0.3, -0.25) is 14.9 Å². The van der Waals surface area contributed by atoms with E-state index in [0.717, 1.165) is 17.5 Å². The lowest BCUT2D eigenvalue weighted by atomic mass is 10.0. The fourth-order valence-electron chi connectivity index (χ4n) is 4.36. The Hall–Kier alpha value is -4.07. The number of carbonyl (C=O) groups excluding carboxylic acids is 1. The molecule has 8 heteroatoms. The van der Waals surface area contributed by atoms with E-state index in [1.807, 2.05) is 48.5 Å². The van der Waals surface area contributed by atoms with Crippen molar-refractivity contribution in [3.8, 4) is 17.2 Å². The van der Waals surface area contributed by atoms with Crippen LogP contribution in [0, 0.1) is 10.1 Å². The van der Waals surface area contributed by atoms with Crippen molar-refractivity contribution in [3.05, 3.63) is 93.5 Å². The molecule has 1 saturated heterocycles. The molecule has 0 N–H and O–H groups in total. The predicted octanol–water partition coefficient (Wildman–Crippen LogP) is 4.92. The van der Waals surface area contributed by atoms with Crippen LogP contribution in [0.3, 0.4) is 0 Å². The van der Waals surface area contributed by atoms with Gasteiger partial charge in [-0.1, -0.05) is 42.5 Å². The van der Waals surface area contributed by atoms with E-state index < -0.39 is 4.92 Å². The van der Waals surface area contributed by atoms with Crippen LogP contribution in [0.2, 0.25) is 0 Å². The average Bonchev–Trinajstić information content (AvgIpc) is 3.22. The summed E-state index contributed by atoms with van der Waals surface area (Å²) in [5.41, 5.74) is 2.53. The maximum atomic E-state index is 12.7. The van der Waals surface area contributed by atoms with Crippen molar-refractivity contribution in [2.45, 2.75) is 38.5 Å². The second kappa shape index (κ2) is 10.9. The number of hydrogen-bond donors (Lipinski definition) is 0. The van der Waals surface area contributed by atoms with Gasteiger partial charge >= 0.3 is 5.69 Å². The van der Waals surface area contributed by atoms with Gasteiger partial charge in [0.15, 0.2) is 17.2 Å². The summed E-state index contributed by atoms with van der Waals surface area (Å²) in [6.45, 7) is 0.537.